The number of nitro groups is 1. The molecule has 1 aromatic rings. The largest absolute Gasteiger partial charge is 0.326 e. The molecule has 0 aromatic heterocycles. The Morgan fingerprint density at radius 3 is 2.89 bits per heavy atom. The lowest BCUT2D eigenvalue weighted by Gasteiger charge is -2.14. The van der Waals surface area contributed by atoms with Crippen LogP contribution < -0.4 is 11.1 Å². The molecule has 0 radical (unpaired) electrons. The Hall–Kier alpha value is -1.99. The van der Waals surface area contributed by atoms with E-state index in [1.807, 2.05) is 4.90 Å². The highest BCUT2D eigenvalue weighted by atomic mass is 16.6. The SMILES string of the molecule is NC1CCN(CC(=O)Nc2ccccc2[N+](=O)[O-])C1. The molecule has 0 bridgehead atoms. The number of nitro benzene ring substituents is 1. The number of nitrogens with one attached hydrogen (secondary N) is 1. The highest BCUT2D eigenvalue weighted by Gasteiger charge is 2.22. The molecule has 7 nitrogen and oxygen atoms in total. The summed E-state index contributed by atoms with van der Waals surface area (Å²) in [6, 6.07) is 6.20. The summed E-state index contributed by atoms with van der Waals surface area (Å²) in [4.78, 5) is 24.1. The van der Waals surface area contributed by atoms with Crippen LogP contribution >= 0.6 is 0 Å². The van der Waals surface area contributed by atoms with E-state index in [1.165, 1.54) is 12.1 Å². The van der Waals surface area contributed by atoms with Gasteiger partial charge in [-0.05, 0) is 12.5 Å². The van der Waals surface area contributed by atoms with Crippen molar-refractivity contribution in [3.05, 3.63) is 34.4 Å². The number of hydrogen-bond acceptors (Lipinski definition) is 5. The van der Waals surface area contributed by atoms with Crippen LogP contribution in [0.15, 0.2) is 24.3 Å². The zero-order valence-electron chi connectivity index (χ0n) is 10.4. The number of carbonyl (C=O) groups is 1. The summed E-state index contributed by atoms with van der Waals surface area (Å²) in [6.07, 6.45) is 0.874. The second-order valence-electron chi connectivity index (χ2n) is 4.61. The molecule has 19 heavy (non-hydrogen) atoms. The van der Waals surface area contributed by atoms with Gasteiger partial charge in [0, 0.05) is 25.2 Å². The van der Waals surface area contributed by atoms with Gasteiger partial charge in [-0.3, -0.25) is 19.8 Å². The third-order valence-electron chi connectivity index (χ3n) is 3.05. The monoisotopic (exact) mass is 264 g/mol. The Kier molecular flexibility index (Phi) is 4.08. The molecule has 1 unspecified atom stereocenters. The van der Waals surface area contributed by atoms with Gasteiger partial charge in [0.15, 0.2) is 0 Å². The number of likely N-dealkylation sites (tertiary alicyclic amines) is 1. The van der Waals surface area contributed by atoms with Gasteiger partial charge in [0.05, 0.1) is 11.5 Å². The fourth-order valence-electron chi connectivity index (χ4n) is 2.14. The van der Waals surface area contributed by atoms with E-state index in [-0.39, 0.29) is 29.9 Å². The van der Waals surface area contributed by atoms with Crippen molar-refractivity contribution < 1.29 is 9.72 Å². The van der Waals surface area contributed by atoms with Gasteiger partial charge < -0.3 is 11.1 Å². The maximum absolute atomic E-state index is 11.8. The number of carbonyl (C=O) groups excluding carboxylic acids is 1. The fraction of sp³-hybridized carbons (Fsp3) is 0.417. The molecular formula is C12H16N4O3. The van der Waals surface area contributed by atoms with Gasteiger partial charge in [-0.15, -0.1) is 0 Å². The number of anilines is 1. The summed E-state index contributed by atoms with van der Waals surface area (Å²) in [6.45, 7) is 1.68. The van der Waals surface area contributed by atoms with Gasteiger partial charge in [0.25, 0.3) is 5.69 Å². The van der Waals surface area contributed by atoms with Crippen LogP contribution in [0.1, 0.15) is 6.42 Å². The van der Waals surface area contributed by atoms with Crippen LogP contribution in [-0.2, 0) is 4.79 Å². The minimum Gasteiger partial charge on any atom is -0.326 e. The summed E-state index contributed by atoms with van der Waals surface area (Å²) in [7, 11) is 0. The minimum absolute atomic E-state index is 0.103. The van der Waals surface area contributed by atoms with E-state index >= 15 is 0 Å². The molecule has 1 fully saturated rings. The van der Waals surface area contributed by atoms with Crippen molar-refractivity contribution >= 4 is 17.3 Å². The van der Waals surface area contributed by atoms with Gasteiger partial charge in [-0.2, -0.15) is 0 Å². The standard InChI is InChI=1S/C12H16N4O3/c13-9-5-6-15(7-9)8-12(17)14-10-3-1-2-4-11(10)16(18)19/h1-4,9H,5-8,13H2,(H,14,17). The van der Waals surface area contributed by atoms with Crippen LogP contribution in [-0.4, -0.2) is 41.4 Å². The van der Waals surface area contributed by atoms with Gasteiger partial charge in [0.1, 0.15) is 5.69 Å². The van der Waals surface area contributed by atoms with E-state index in [0.29, 0.717) is 6.54 Å². The molecule has 7 heteroatoms. The van der Waals surface area contributed by atoms with Crippen LogP contribution in [0, 0.1) is 10.1 Å². The van der Waals surface area contributed by atoms with Crippen LogP contribution in [0.4, 0.5) is 11.4 Å². The van der Waals surface area contributed by atoms with Crippen molar-refractivity contribution in [3.63, 3.8) is 0 Å². The quantitative estimate of drug-likeness (QED) is 0.611. The first-order chi connectivity index (χ1) is 9.06. The zero-order chi connectivity index (χ0) is 13.8. The average molecular weight is 264 g/mol. The van der Waals surface area contributed by atoms with Crippen molar-refractivity contribution in [1.29, 1.82) is 0 Å². The molecule has 1 aromatic carbocycles. The van der Waals surface area contributed by atoms with E-state index in [2.05, 4.69) is 5.32 Å². The van der Waals surface area contributed by atoms with E-state index in [9.17, 15) is 14.9 Å². The highest BCUT2D eigenvalue weighted by Crippen LogP contribution is 2.23. The summed E-state index contributed by atoms with van der Waals surface area (Å²) in [5.74, 6) is -0.261. The molecule has 1 atom stereocenters. The highest BCUT2D eigenvalue weighted by molar-refractivity contribution is 5.94. The molecule has 102 valence electrons. The smallest absolute Gasteiger partial charge is 0.292 e. The molecule has 1 heterocycles. The molecule has 1 aliphatic rings. The Labute approximate surface area is 110 Å². The normalized spacial score (nSPS) is 19.3. The number of hydrogen-bond donors (Lipinski definition) is 2. The van der Waals surface area contributed by atoms with Crippen molar-refractivity contribution in [2.75, 3.05) is 25.0 Å². The number of rotatable bonds is 4. The van der Waals surface area contributed by atoms with Crippen molar-refractivity contribution in [1.82, 2.24) is 4.90 Å². The van der Waals surface area contributed by atoms with E-state index < -0.39 is 4.92 Å². The molecule has 1 aliphatic heterocycles. The average Bonchev–Trinajstić information content (AvgIpc) is 2.75. The molecule has 0 saturated carbocycles. The molecular weight excluding hydrogens is 248 g/mol. The molecule has 1 amide bonds. The van der Waals surface area contributed by atoms with E-state index in [4.69, 9.17) is 5.73 Å². The summed E-state index contributed by atoms with van der Waals surface area (Å²) < 4.78 is 0. The first-order valence-corrected chi connectivity index (χ1v) is 6.07. The Balaban J connectivity index is 1.97. The fourth-order valence-corrected chi connectivity index (χ4v) is 2.14. The third-order valence-corrected chi connectivity index (χ3v) is 3.05. The van der Waals surface area contributed by atoms with E-state index in [1.54, 1.807) is 12.1 Å². The number of benzene rings is 1. The number of para-hydroxylation sites is 2. The molecule has 0 spiro atoms. The predicted molar refractivity (Wildman–Crippen MR) is 70.8 cm³/mol. The Bertz CT molecular complexity index is 492. The lowest BCUT2D eigenvalue weighted by Crippen LogP contribution is -2.33. The summed E-state index contributed by atoms with van der Waals surface area (Å²) >= 11 is 0. The Morgan fingerprint density at radius 1 is 1.53 bits per heavy atom. The zero-order valence-corrected chi connectivity index (χ0v) is 10.4. The van der Waals surface area contributed by atoms with Crippen molar-refractivity contribution in [3.8, 4) is 0 Å². The van der Waals surface area contributed by atoms with Crippen LogP contribution in [0.2, 0.25) is 0 Å². The number of amides is 1. The third kappa shape index (κ3) is 3.49. The molecule has 3 N–H and O–H groups in total. The topological polar surface area (TPSA) is 102 Å². The van der Waals surface area contributed by atoms with Crippen LogP contribution in [0.25, 0.3) is 0 Å². The second kappa shape index (κ2) is 5.77. The summed E-state index contributed by atoms with van der Waals surface area (Å²) in [5, 5.41) is 13.4. The predicted octanol–water partition coefficient (Wildman–Crippen LogP) is 0.566. The van der Waals surface area contributed by atoms with Crippen molar-refractivity contribution in [2.45, 2.75) is 12.5 Å². The minimum atomic E-state index is -0.513. The number of nitrogens with zero attached hydrogens (tertiary/aromatic N) is 2. The molecule has 2 rings (SSSR count). The maximum Gasteiger partial charge on any atom is 0.292 e. The van der Waals surface area contributed by atoms with Gasteiger partial charge in [0.2, 0.25) is 5.91 Å². The maximum atomic E-state index is 11.8. The van der Waals surface area contributed by atoms with Crippen LogP contribution in [0.5, 0.6) is 0 Å². The van der Waals surface area contributed by atoms with Crippen LogP contribution in [0.3, 0.4) is 0 Å². The first kappa shape index (κ1) is 13.4. The Morgan fingerprint density at radius 2 is 2.26 bits per heavy atom. The van der Waals surface area contributed by atoms with E-state index in [0.717, 1.165) is 13.0 Å². The van der Waals surface area contributed by atoms with Gasteiger partial charge in [-0.1, -0.05) is 12.1 Å². The number of nitrogens with two attached hydrogens (primary N) is 1. The second-order valence-corrected chi connectivity index (χ2v) is 4.61. The van der Waals surface area contributed by atoms with Gasteiger partial charge >= 0.3 is 0 Å². The lowest BCUT2D eigenvalue weighted by atomic mass is 10.2. The lowest BCUT2D eigenvalue weighted by molar-refractivity contribution is -0.383. The van der Waals surface area contributed by atoms with Gasteiger partial charge in [-0.25, -0.2) is 0 Å². The molecule has 1 saturated heterocycles. The first-order valence-electron chi connectivity index (χ1n) is 6.07. The summed E-state index contributed by atoms with van der Waals surface area (Å²) in [5.41, 5.74) is 5.87. The van der Waals surface area contributed by atoms with Crippen molar-refractivity contribution in [2.24, 2.45) is 5.73 Å². The molecule has 0 aliphatic carbocycles.